The van der Waals surface area contributed by atoms with Gasteiger partial charge in [0.05, 0.1) is 13.7 Å². The predicted molar refractivity (Wildman–Crippen MR) is 146 cm³/mol. The van der Waals surface area contributed by atoms with Gasteiger partial charge in [-0.3, -0.25) is 0 Å². The number of aromatic nitrogens is 1. The Morgan fingerprint density at radius 1 is 1.12 bits per heavy atom. The Hall–Kier alpha value is -2.07. The Bertz CT molecular complexity index is 898. The highest BCUT2D eigenvalue weighted by molar-refractivity contribution is 14.0. The SMILES string of the molecule is CCNC(=NCc1cccnc1N1CCN(C)CC1)N1CCC(c2ccc(OC)cc2)C1.I. The maximum absolute atomic E-state index is 5.31. The highest BCUT2D eigenvalue weighted by Crippen LogP contribution is 2.29. The number of hydrogen-bond donors (Lipinski definition) is 1. The molecule has 2 fully saturated rings. The molecule has 2 aliphatic rings. The normalized spacial score (nSPS) is 19.4. The molecule has 3 heterocycles. The van der Waals surface area contributed by atoms with Gasteiger partial charge in [0.1, 0.15) is 11.6 Å². The van der Waals surface area contributed by atoms with Crippen LogP contribution in [0.15, 0.2) is 47.6 Å². The Labute approximate surface area is 215 Å². The molecule has 0 aliphatic carbocycles. The zero-order chi connectivity index (χ0) is 22.3. The molecule has 0 radical (unpaired) electrons. The molecule has 1 aromatic heterocycles. The summed E-state index contributed by atoms with van der Waals surface area (Å²) in [6, 6.07) is 12.7. The van der Waals surface area contributed by atoms with Gasteiger partial charge >= 0.3 is 0 Å². The van der Waals surface area contributed by atoms with Gasteiger partial charge in [-0.1, -0.05) is 18.2 Å². The molecular formula is C25H37IN6O. The largest absolute Gasteiger partial charge is 0.497 e. The first-order valence-electron chi connectivity index (χ1n) is 11.7. The molecule has 0 saturated carbocycles. The molecule has 0 bridgehead atoms. The third kappa shape index (κ3) is 6.50. The number of ether oxygens (including phenoxy) is 1. The predicted octanol–water partition coefficient (Wildman–Crippen LogP) is 3.42. The molecule has 1 unspecified atom stereocenters. The number of pyridine rings is 1. The first-order valence-corrected chi connectivity index (χ1v) is 11.7. The van der Waals surface area contributed by atoms with Crippen LogP contribution in [-0.2, 0) is 6.54 Å². The summed E-state index contributed by atoms with van der Waals surface area (Å²) in [5.41, 5.74) is 2.56. The fraction of sp³-hybridized carbons (Fsp3) is 0.520. The van der Waals surface area contributed by atoms with Gasteiger partial charge in [0.15, 0.2) is 5.96 Å². The van der Waals surface area contributed by atoms with Crippen molar-refractivity contribution >= 4 is 35.8 Å². The molecular weight excluding hydrogens is 527 g/mol. The van der Waals surface area contributed by atoms with E-state index in [9.17, 15) is 0 Å². The summed E-state index contributed by atoms with van der Waals surface area (Å²) in [5.74, 6) is 3.50. The van der Waals surface area contributed by atoms with Crippen LogP contribution in [0, 0.1) is 0 Å². The van der Waals surface area contributed by atoms with Crippen molar-refractivity contribution in [3.05, 3.63) is 53.7 Å². The smallest absolute Gasteiger partial charge is 0.194 e. The summed E-state index contributed by atoms with van der Waals surface area (Å²) >= 11 is 0. The van der Waals surface area contributed by atoms with Gasteiger partial charge in [0.25, 0.3) is 0 Å². The lowest BCUT2D eigenvalue weighted by molar-refractivity contribution is 0.312. The molecule has 2 aromatic rings. The highest BCUT2D eigenvalue weighted by atomic mass is 127. The number of guanidine groups is 1. The van der Waals surface area contributed by atoms with Crippen molar-refractivity contribution < 1.29 is 4.74 Å². The number of hydrogen-bond acceptors (Lipinski definition) is 5. The average Bonchev–Trinajstić information content (AvgIpc) is 3.33. The molecule has 8 heteroatoms. The lowest BCUT2D eigenvalue weighted by Gasteiger charge is -2.34. The number of nitrogens with one attached hydrogen (secondary N) is 1. The number of anilines is 1. The molecule has 2 aliphatic heterocycles. The Morgan fingerprint density at radius 3 is 2.58 bits per heavy atom. The van der Waals surface area contributed by atoms with E-state index in [1.165, 1.54) is 11.1 Å². The minimum absolute atomic E-state index is 0. The summed E-state index contributed by atoms with van der Waals surface area (Å²) in [7, 11) is 3.89. The van der Waals surface area contributed by atoms with E-state index in [0.29, 0.717) is 12.5 Å². The average molecular weight is 565 g/mol. The number of nitrogens with zero attached hydrogens (tertiary/aromatic N) is 5. The third-order valence-electron chi connectivity index (χ3n) is 6.48. The monoisotopic (exact) mass is 564 g/mol. The summed E-state index contributed by atoms with van der Waals surface area (Å²) in [4.78, 5) is 16.9. The van der Waals surface area contributed by atoms with Crippen molar-refractivity contribution in [1.82, 2.24) is 20.1 Å². The minimum atomic E-state index is 0. The van der Waals surface area contributed by atoms with Crippen molar-refractivity contribution in [1.29, 1.82) is 0 Å². The molecule has 180 valence electrons. The number of likely N-dealkylation sites (N-methyl/N-ethyl adjacent to an activating group) is 1. The van der Waals surface area contributed by atoms with Gasteiger partial charge in [-0.05, 0) is 44.2 Å². The molecule has 7 nitrogen and oxygen atoms in total. The molecule has 1 atom stereocenters. The number of benzene rings is 1. The number of halogens is 1. The second-order valence-electron chi connectivity index (χ2n) is 8.65. The highest BCUT2D eigenvalue weighted by Gasteiger charge is 2.26. The van der Waals surface area contributed by atoms with Crippen LogP contribution in [-0.4, -0.2) is 80.7 Å². The van der Waals surface area contributed by atoms with Crippen LogP contribution in [0.3, 0.4) is 0 Å². The summed E-state index contributed by atoms with van der Waals surface area (Å²) in [6.45, 7) is 9.80. The van der Waals surface area contributed by atoms with E-state index in [1.54, 1.807) is 7.11 Å². The van der Waals surface area contributed by atoms with E-state index >= 15 is 0 Å². The second kappa shape index (κ2) is 12.4. The van der Waals surface area contributed by atoms with Crippen LogP contribution in [0.25, 0.3) is 0 Å². The maximum Gasteiger partial charge on any atom is 0.194 e. The first kappa shape index (κ1) is 25.6. The van der Waals surface area contributed by atoms with E-state index in [2.05, 4.69) is 64.3 Å². The molecule has 0 spiro atoms. The summed E-state index contributed by atoms with van der Waals surface area (Å²) < 4.78 is 5.31. The fourth-order valence-corrected chi connectivity index (χ4v) is 4.54. The molecule has 1 N–H and O–H groups in total. The third-order valence-corrected chi connectivity index (χ3v) is 6.48. The van der Waals surface area contributed by atoms with E-state index in [0.717, 1.165) is 69.8 Å². The lowest BCUT2D eigenvalue weighted by atomic mass is 9.98. The first-order chi connectivity index (χ1) is 15.7. The van der Waals surface area contributed by atoms with Crippen LogP contribution >= 0.6 is 24.0 Å². The van der Waals surface area contributed by atoms with Crippen LogP contribution < -0.4 is 15.0 Å². The standard InChI is InChI=1S/C25H36N6O.HI/c1-4-26-25(31-13-11-22(19-31)20-7-9-23(32-3)10-8-20)28-18-21-6-5-12-27-24(21)30-16-14-29(2)15-17-30;/h5-10,12,22H,4,11,13-19H2,1-3H3,(H,26,28);1H. The van der Waals surface area contributed by atoms with Crippen LogP contribution in [0.2, 0.25) is 0 Å². The maximum atomic E-state index is 5.31. The number of piperazine rings is 1. The van der Waals surface area contributed by atoms with Crippen LogP contribution in [0.1, 0.15) is 30.4 Å². The quantitative estimate of drug-likeness (QED) is 0.330. The lowest BCUT2D eigenvalue weighted by Crippen LogP contribution is -2.45. The van der Waals surface area contributed by atoms with E-state index in [-0.39, 0.29) is 24.0 Å². The van der Waals surface area contributed by atoms with Gasteiger partial charge in [-0.15, -0.1) is 24.0 Å². The van der Waals surface area contributed by atoms with Gasteiger partial charge in [0.2, 0.25) is 0 Å². The number of methoxy groups -OCH3 is 1. The van der Waals surface area contributed by atoms with Crippen molar-refractivity contribution in [2.75, 3.05) is 64.9 Å². The second-order valence-corrected chi connectivity index (χ2v) is 8.65. The van der Waals surface area contributed by atoms with Gasteiger partial charge < -0.3 is 24.8 Å². The number of likely N-dealkylation sites (tertiary alicyclic amines) is 1. The van der Waals surface area contributed by atoms with Crippen molar-refractivity contribution in [3.63, 3.8) is 0 Å². The van der Waals surface area contributed by atoms with Crippen molar-refractivity contribution in [2.24, 2.45) is 4.99 Å². The van der Waals surface area contributed by atoms with Gasteiger partial charge in [-0.25, -0.2) is 9.98 Å². The summed E-state index contributed by atoms with van der Waals surface area (Å²) in [6.07, 6.45) is 3.03. The van der Waals surface area contributed by atoms with E-state index in [1.807, 2.05) is 12.3 Å². The minimum Gasteiger partial charge on any atom is -0.497 e. The number of aliphatic imine (C=N–C) groups is 1. The topological polar surface area (TPSA) is 56.2 Å². The molecule has 0 amide bonds. The molecule has 1 aromatic carbocycles. The van der Waals surface area contributed by atoms with Crippen molar-refractivity contribution in [2.45, 2.75) is 25.8 Å². The zero-order valence-electron chi connectivity index (χ0n) is 20.0. The van der Waals surface area contributed by atoms with Crippen molar-refractivity contribution in [3.8, 4) is 5.75 Å². The molecule has 4 rings (SSSR count). The molecule has 33 heavy (non-hydrogen) atoms. The Morgan fingerprint density at radius 2 is 1.88 bits per heavy atom. The Balaban J connectivity index is 0.00000306. The fourth-order valence-electron chi connectivity index (χ4n) is 4.54. The van der Waals surface area contributed by atoms with Gasteiger partial charge in [-0.2, -0.15) is 0 Å². The van der Waals surface area contributed by atoms with E-state index < -0.39 is 0 Å². The summed E-state index contributed by atoms with van der Waals surface area (Å²) in [5, 5.41) is 3.51. The van der Waals surface area contributed by atoms with Crippen LogP contribution in [0.5, 0.6) is 5.75 Å². The zero-order valence-corrected chi connectivity index (χ0v) is 22.4. The van der Waals surface area contributed by atoms with E-state index in [4.69, 9.17) is 14.7 Å². The number of rotatable bonds is 6. The van der Waals surface area contributed by atoms with Crippen LogP contribution in [0.4, 0.5) is 5.82 Å². The van der Waals surface area contributed by atoms with Gasteiger partial charge in [0, 0.05) is 63.5 Å². The Kier molecular flexibility index (Phi) is 9.61. The molecule has 2 saturated heterocycles.